The van der Waals surface area contributed by atoms with E-state index in [0.29, 0.717) is 5.02 Å². The van der Waals surface area contributed by atoms with Crippen molar-refractivity contribution in [3.8, 4) is 0 Å². The van der Waals surface area contributed by atoms with Gasteiger partial charge in [0.25, 0.3) is 0 Å². The predicted molar refractivity (Wildman–Crippen MR) is 78.7 cm³/mol. The van der Waals surface area contributed by atoms with Crippen LogP contribution >= 0.6 is 11.6 Å². The van der Waals surface area contributed by atoms with Crippen LogP contribution < -0.4 is 0 Å². The second kappa shape index (κ2) is 5.08. The predicted octanol–water partition coefficient (Wildman–Crippen LogP) is 3.95. The minimum absolute atomic E-state index is 0.0339. The third kappa shape index (κ3) is 2.25. The Morgan fingerprint density at radius 2 is 1.79 bits per heavy atom. The van der Waals surface area contributed by atoms with Crippen LogP contribution in [0.25, 0.3) is 10.9 Å². The van der Waals surface area contributed by atoms with E-state index in [1.54, 1.807) is 0 Å². The molecule has 2 N–H and O–H groups in total. The smallest absolute Gasteiger partial charge is 0.0541 e. The summed E-state index contributed by atoms with van der Waals surface area (Å²) in [5.41, 5.74) is 3.27. The van der Waals surface area contributed by atoms with Crippen molar-refractivity contribution in [2.24, 2.45) is 0 Å². The lowest BCUT2D eigenvalue weighted by molar-refractivity contribution is 0.281. The zero-order valence-corrected chi connectivity index (χ0v) is 11.1. The number of para-hydroxylation sites is 1. The second-order valence-corrected chi connectivity index (χ2v) is 5.01. The molecule has 1 atom stereocenters. The fraction of sp³-hybridized carbons (Fsp3) is 0.125. The Labute approximate surface area is 116 Å². The maximum absolute atomic E-state index is 9.73. The number of hydrogen-bond donors (Lipinski definition) is 2. The number of aliphatic hydroxyl groups excluding tert-OH is 1. The number of hydrogen-bond acceptors (Lipinski definition) is 1. The summed E-state index contributed by atoms with van der Waals surface area (Å²) in [5, 5.41) is 11.6. The number of rotatable bonds is 3. The van der Waals surface area contributed by atoms with E-state index in [0.717, 1.165) is 22.0 Å². The first kappa shape index (κ1) is 12.3. The molecule has 0 spiro atoms. The number of aliphatic hydroxyl groups is 1. The van der Waals surface area contributed by atoms with Crippen LogP contribution in [0.3, 0.4) is 0 Å². The minimum Gasteiger partial charge on any atom is -0.395 e. The van der Waals surface area contributed by atoms with E-state index in [2.05, 4.69) is 11.1 Å². The number of nitrogens with one attached hydrogen (secondary N) is 1. The monoisotopic (exact) mass is 271 g/mol. The molecular weight excluding hydrogens is 258 g/mol. The molecule has 3 rings (SSSR count). The number of aromatic nitrogens is 1. The van der Waals surface area contributed by atoms with Gasteiger partial charge in [-0.15, -0.1) is 0 Å². The highest BCUT2D eigenvalue weighted by molar-refractivity contribution is 6.30. The summed E-state index contributed by atoms with van der Waals surface area (Å²) in [7, 11) is 0. The van der Waals surface area contributed by atoms with Crippen molar-refractivity contribution < 1.29 is 5.11 Å². The molecule has 0 saturated heterocycles. The summed E-state index contributed by atoms with van der Waals surface area (Å²) < 4.78 is 0. The highest BCUT2D eigenvalue weighted by atomic mass is 35.5. The zero-order chi connectivity index (χ0) is 13.2. The molecule has 96 valence electrons. The molecule has 0 amide bonds. The van der Waals surface area contributed by atoms with E-state index >= 15 is 0 Å². The molecule has 0 fully saturated rings. The van der Waals surface area contributed by atoms with Crippen molar-refractivity contribution in [3.63, 3.8) is 0 Å². The molecule has 0 bridgehead atoms. The fourth-order valence-electron chi connectivity index (χ4n) is 2.46. The fourth-order valence-corrected chi connectivity index (χ4v) is 2.59. The number of fused-ring (bicyclic) bond motifs is 1. The summed E-state index contributed by atoms with van der Waals surface area (Å²) in [6, 6.07) is 15.8. The van der Waals surface area contributed by atoms with E-state index in [-0.39, 0.29) is 12.5 Å². The maximum atomic E-state index is 9.73. The molecule has 1 aromatic heterocycles. The molecule has 1 heterocycles. The van der Waals surface area contributed by atoms with Crippen LogP contribution in [0.5, 0.6) is 0 Å². The van der Waals surface area contributed by atoms with Gasteiger partial charge in [0.15, 0.2) is 0 Å². The summed E-state index contributed by atoms with van der Waals surface area (Å²) in [4.78, 5) is 3.25. The Hall–Kier alpha value is -1.77. The van der Waals surface area contributed by atoms with Crippen LogP contribution in [0.1, 0.15) is 17.0 Å². The Balaban J connectivity index is 2.09. The molecule has 0 saturated carbocycles. The third-order valence-electron chi connectivity index (χ3n) is 3.45. The highest BCUT2D eigenvalue weighted by Gasteiger charge is 2.16. The standard InChI is InChI=1S/C16H14ClNO/c17-12-7-5-11(6-8-12)15(10-19)14-9-18-16-4-2-1-3-13(14)16/h1-9,15,18-19H,10H2. The van der Waals surface area contributed by atoms with E-state index in [4.69, 9.17) is 11.6 Å². The van der Waals surface area contributed by atoms with Crippen molar-refractivity contribution in [3.05, 3.63) is 70.9 Å². The topological polar surface area (TPSA) is 36.0 Å². The molecule has 0 aliphatic carbocycles. The highest BCUT2D eigenvalue weighted by Crippen LogP contribution is 2.30. The second-order valence-electron chi connectivity index (χ2n) is 4.58. The van der Waals surface area contributed by atoms with E-state index in [1.165, 1.54) is 0 Å². The molecule has 0 radical (unpaired) electrons. The quantitative estimate of drug-likeness (QED) is 0.744. The van der Waals surface area contributed by atoms with E-state index in [1.807, 2.05) is 48.7 Å². The molecule has 3 heteroatoms. The van der Waals surface area contributed by atoms with Gasteiger partial charge in [0.2, 0.25) is 0 Å². The summed E-state index contributed by atoms with van der Waals surface area (Å²) >= 11 is 5.91. The Morgan fingerprint density at radius 1 is 1.05 bits per heavy atom. The molecule has 0 aliphatic heterocycles. The van der Waals surface area contributed by atoms with Crippen LogP contribution in [0.15, 0.2) is 54.7 Å². The number of benzene rings is 2. The van der Waals surface area contributed by atoms with Crippen LogP contribution in [-0.4, -0.2) is 16.7 Å². The van der Waals surface area contributed by atoms with Gasteiger partial charge >= 0.3 is 0 Å². The molecular formula is C16H14ClNO. The van der Waals surface area contributed by atoms with Crippen molar-refractivity contribution in [1.29, 1.82) is 0 Å². The zero-order valence-electron chi connectivity index (χ0n) is 10.3. The Kier molecular flexibility index (Phi) is 3.28. The largest absolute Gasteiger partial charge is 0.395 e. The lowest BCUT2D eigenvalue weighted by Crippen LogP contribution is -2.05. The third-order valence-corrected chi connectivity index (χ3v) is 3.70. The number of halogens is 1. The van der Waals surface area contributed by atoms with Gasteiger partial charge < -0.3 is 10.1 Å². The van der Waals surface area contributed by atoms with Gasteiger partial charge in [0, 0.05) is 28.0 Å². The maximum Gasteiger partial charge on any atom is 0.0541 e. The summed E-state index contributed by atoms with van der Waals surface area (Å²) in [6.45, 7) is 0.0729. The van der Waals surface area contributed by atoms with E-state index < -0.39 is 0 Å². The van der Waals surface area contributed by atoms with E-state index in [9.17, 15) is 5.11 Å². The number of H-pyrrole nitrogens is 1. The van der Waals surface area contributed by atoms with Gasteiger partial charge in [0.1, 0.15) is 0 Å². The van der Waals surface area contributed by atoms with Crippen LogP contribution in [0, 0.1) is 0 Å². The average Bonchev–Trinajstić information content (AvgIpc) is 2.86. The first-order chi connectivity index (χ1) is 9.29. The van der Waals surface area contributed by atoms with Crippen molar-refractivity contribution in [2.45, 2.75) is 5.92 Å². The van der Waals surface area contributed by atoms with Gasteiger partial charge in [0.05, 0.1) is 6.61 Å². The Bertz CT molecular complexity index is 687. The number of aromatic amines is 1. The van der Waals surface area contributed by atoms with Crippen LogP contribution in [0.4, 0.5) is 0 Å². The summed E-state index contributed by atoms with van der Waals surface area (Å²) in [6.07, 6.45) is 1.97. The molecule has 2 aromatic carbocycles. The van der Waals surface area contributed by atoms with Crippen LogP contribution in [0.2, 0.25) is 5.02 Å². The van der Waals surface area contributed by atoms with Gasteiger partial charge in [-0.3, -0.25) is 0 Å². The van der Waals surface area contributed by atoms with Gasteiger partial charge in [-0.25, -0.2) is 0 Å². The molecule has 0 aliphatic rings. The SMILES string of the molecule is OCC(c1ccc(Cl)cc1)c1c[nH]c2ccccc12. The first-order valence-corrected chi connectivity index (χ1v) is 6.59. The minimum atomic E-state index is -0.0339. The van der Waals surface area contributed by atoms with Gasteiger partial charge in [-0.1, -0.05) is 41.9 Å². The van der Waals surface area contributed by atoms with Crippen molar-refractivity contribution in [1.82, 2.24) is 4.98 Å². The molecule has 1 unspecified atom stereocenters. The van der Waals surface area contributed by atoms with Crippen molar-refractivity contribution >= 4 is 22.5 Å². The molecule has 2 nitrogen and oxygen atoms in total. The Morgan fingerprint density at radius 3 is 2.53 bits per heavy atom. The van der Waals surface area contributed by atoms with Gasteiger partial charge in [-0.05, 0) is 29.3 Å². The molecule has 3 aromatic rings. The van der Waals surface area contributed by atoms with Crippen molar-refractivity contribution in [2.75, 3.05) is 6.61 Å². The van der Waals surface area contributed by atoms with Gasteiger partial charge in [-0.2, -0.15) is 0 Å². The average molecular weight is 272 g/mol. The van der Waals surface area contributed by atoms with Crippen LogP contribution in [-0.2, 0) is 0 Å². The molecule has 19 heavy (non-hydrogen) atoms. The lowest BCUT2D eigenvalue weighted by atomic mass is 9.92. The summed E-state index contributed by atoms with van der Waals surface area (Å²) in [5.74, 6) is -0.0339. The lowest BCUT2D eigenvalue weighted by Gasteiger charge is -2.14. The first-order valence-electron chi connectivity index (χ1n) is 6.22. The normalized spacial score (nSPS) is 12.7.